The molecular formula is C13H9N2O5S2-. The lowest BCUT2D eigenvalue weighted by molar-refractivity contribution is -0.384. The molecule has 1 aromatic rings. The van der Waals surface area contributed by atoms with Crippen LogP contribution in [0.15, 0.2) is 29.2 Å². The van der Waals surface area contributed by atoms with Gasteiger partial charge in [-0.2, -0.15) is 0 Å². The second kappa shape index (κ2) is 6.24. The third-order valence-electron chi connectivity index (χ3n) is 2.93. The molecule has 1 aliphatic heterocycles. The molecule has 9 heteroatoms. The summed E-state index contributed by atoms with van der Waals surface area (Å²) in [6.45, 7) is 1.30. The van der Waals surface area contributed by atoms with Crippen LogP contribution in [0, 0.1) is 10.1 Å². The Morgan fingerprint density at radius 2 is 2.18 bits per heavy atom. The van der Waals surface area contributed by atoms with Crippen molar-refractivity contribution in [3.63, 3.8) is 0 Å². The molecule has 0 bridgehead atoms. The SMILES string of the molecule is C[C@H](C(=O)[O-])N1C(=O)/C(=C/c2cccc([N+](=O)[O-])c2)SC1=S. The molecule has 0 spiro atoms. The fraction of sp³-hybridized carbons (Fsp3) is 0.154. The van der Waals surface area contributed by atoms with E-state index in [-0.39, 0.29) is 14.9 Å². The van der Waals surface area contributed by atoms with E-state index in [1.165, 1.54) is 31.2 Å². The molecule has 0 N–H and O–H groups in total. The van der Waals surface area contributed by atoms with Crippen LogP contribution < -0.4 is 5.11 Å². The molecule has 114 valence electrons. The number of carboxylic acids is 1. The molecule has 1 saturated heterocycles. The zero-order chi connectivity index (χ0) is 16.4. The van der Waals surface area contributed by atoms with Crippen molar-refractivity contribution in [3.8, 4) is 0 Å². The summed E-state index contributed by atoms with van der Waals surface area (Å²) in [7, 11) is 0. The van der Waals surface area contributed by atoms with Crippen molar-refractivity contribution in [2.24, 2.45) is 0 Å². The Morgan fingerprint density at radius 3 is 2.77 bits per heavy atom. The highest BCUT2D eigenvalue weighted by atomic mass is 32.2. The quantitative estimate of drug-likeness (QED) is 0.348. The molecule has 0 aliphatic carbocycles. The van der Waals surface area contributed by atoms with Gasteiger partial charge in [0, 0.05) is 12.1 Å². The molecule has 1 fully saturated rings. The van der Waals surface area contributed by atoms with E-state index in [0.29, 0.717) is 5.56 Å². The molecule has 1 heterocycles. The fourth-order valence-corrected chi connectivity index (χ4v) is 3.22. The normalized spacial score (nSPS) is 17.9. The molecular weight excluding hydrogens is 328 g/mol. The summed E-state index contributed by atoms with van der Waals surface area (Å²) in [6.07, 6.45) is 1.44. The number of aliphatic carboxylic acids is 1. The Morgan fingerprint density at radius 1 is 1.50 bits per heavy atom. The van der Waals surface area contributed by atoms with E-state index in [1.54, 1.807) is 6.07 Å². The van der Waals surface area contributed by atoms with E-state index in [9.17, 15) is 24.8 Å². The molecule has 1 amide bonds. The minimum absolute atomic E-state index is 0.104. The van der Waals surface area contributed by atoms with E-state index >= 15 is 0 Å². The van der Waals surface area contributed by atoms with E-state index in [2.05, 4.69) is 0 Å². The maximum Gasteiger partial charge on any atom is 0.270 e. The van der Waals surface area contributed by atoms with Gasteiger partial charge >= 0.3 is 0 Å². The van der Waals surface area contributed by atoms with Gasteiger partial charge in [-0.15, -0.1) is 0 Å². The van der Waals surface area contributed by atoms with E-state index < -0.39 is 22.8 Å². The predicted octanol–water partition coefficient (Wildman–Crippen LogP) is 0.934. The third kappa shape index (κ3) is 3.15. The van der Waals surface area contributed by atoms with Crippen LogP contribution >= 0.6 is 24.0 Å². The number of nitro benzene ring substituents is 1. The largest absolute Gasteiger partial charge is 0.548 e. The highest BCUT2D eigenvalue weighted by molar-refractivity contribution is 8.26. The van der Waals surface area contributed by atoms with E-state index in [4.69, 9.17) is 12.2 Å². The number of benzene rings is 1. The Kier molecular flexibility index (Phi) is 4.57. The van der Waals surface area contributed by atoms with E-state index in [0.717, 1.165) is 16.7 Å². The van der Waals surface area contributed by atoms with Crippen LogP contribution in [0.25, 0.3) is 6.08 Å². The number of non-ortho nitro benzene ring substituents is 1. The lowest BCUT2D eigenvalue weighted by Gasteiger charge is -2.23. The van der Waals surface area contributed by atoms with Gasteiger partial charge in [0.2, 0.25) is 0 Å². The van der Waals surface area contributed by atoms with Crippen LogP contribution in [0.2, 0.25) is 0 Å². The van der Waals surface area contributed by atoms with Crippen LogP contribution in [-0.4, -0.2) is 32.1 Å². The average molecular weight is 337 g/mol. The van der Waals surface area contributed by atoms with Crippen molar-refractivity contribution in [3.05, 3.63) is 44.8 Å². The van der Waals surface area contributed by atoms with Gasteiger partial charge in [-0.1, -0.05) is 36.1 Å². The fourth-order valence-electron chi connectivity index (χ4n) is 1.80. The Balaban J connectivity index is 2.32. The number of nitrogens with zero attached hydrogens (tertiary/aromatic N) is 2. The van der Waals surface area contributed by atoms with Crippen LogP contribution in [-0.2, 0) is 9.59 Å². The first-order valence-corrected chi connectivity index (χ1v) is 7.26. The topological polar surface area (TPSA) is 104 Å². The summed E-state index contributed by atoms with van der Waals surface area (Å²) in [5, 5.41) is 21.6. The van der Waals surface area contributed by atoms with Gasteiger partial charge in [0.05, 0.1) is 21.8 Å². The highest BCUT2D eigenvalue weighted by Gasteiger charge is 2.35. The molecule has 2 rings (SSSR count). The first kappa shape index (κ1) is 16.1. The molecule has 7 nitrogen and oxygen atoms in total. The Labute approximate surface area is 134 Å². The summed E-state index contributed by atoms with van der Waals surface area (Å²) in [5.74, 6) is -1.97. The number of hydrogen-bond acceptors (Lipinski definition) is 7. The lowest BCUT2D eigenvalue weighted by Crippen LogP contribution is -2.48. The number of carboxylic acid groups (broad SMARTS) is 1. The van der Waals surface area contributed by atoms with Crippen LogP contribution in [0.4, 0.5) is 5.69 Å². The van der Waals surface area contributed by atoms with Crippen molar-refractivity contribution in [1.29, 1.82) is 0 Å². The number of nitro groups is 1. The average Bonchev–Trinajstić information content (AvgIpc) is 2.73. The summed E-state index contributed by atoms with van der Waals surface area (Å²) in [6, 6.07) is 4.56. The van der Waals surface area contributed by atoms with Crippen LogP contribution in [0.5, 0.6) is 0 Å². The first-order chi connectivity index (χ1) is 10.3. The first-order valence-electron chi connectivity index (χ1n) is 6.03. The maximum atomic E-state index is 12.2. The maximum absolute atomic E-state index is 12.2. The molecule has 1 aliphatic rings. The number of carbonyl (C=O) groups excluding carboxylic acids is 2. The van der Waals surface area contributed by atoms with Gasteiger partial charge in [0.25, 0.3) is 11.6 Å². The molecule has 0 aromatic heterocycles. The van der Waals surface area contributed by atoms with Crippen LogP contribution in [0.1, 0.15) is 12.5 Å². The number of amides is 1. The number of rotatable bonds is 4. The smallest absolute Gasteiger partial charge is 0.270 e. The molecule has 0 unspecified atom stereocenters. The predicted molar refractivity (Wildman–Crippen MR) is 82.6 cm³/mol. The third-order valence-corrected chi connectivity index (χ3v) is 4.26. The lowest BCUT2D eigenvalue weighted by atomic mass is 10.2. The van der Waals surface area contributed by atoms with Gasteiger partial charge in [0.1, 0.15) is 4.32 Å². The van der Waals surface area contributed by atoms with Gasteiger partial charge in [0.15, 0.2) is 0 Å². The number of thioether (sulfide) groups is 1. The minimum atomic E-state index is -1.41. The number of hydrogen-bond donors (Lipinski definition) is 0. The highest BCUT2D eigenvalue weighted by Crippen LogP contribution is 2.34. The second-order valence-electron chi connectivity index (χ2n) is 4.40. The summed E-state index contributed by atoms with van der Waals surface area (Å²) in [4.78, 5) is 34.5. The number of carbonyl (C=O) groups is 2. The summed E-state index contributed by atoms with van der Waals surface area (Å²) >= 11 is 5.95. The van der Waals surface area contributed by atoms with Gasteiger partial charge in [-0.25, -0.2) is 0 Å². The minimum Gasteiger partial charge on any atom is -0.548 e. The zero-order valence-corrected chi connectivity index (χ0v) is 12.8. The van der Waals surface area contributed by atoms with Gasteiger partial charge in [-0.3, -0.25) is 19.8 Å². The van der Waals surface area contributed by atoms with Crippen molar-refractivity contribution in [2.45, 2.75) is 13.0 Å². The number of thiocarbonyl (C=S) groups is 1. The Bertz CT molecular complexity index is 716. The van der Waals surface area contributed by atoms with Crippen molar-refractivity contribution >= 4 is 51.9 Å². The van der Waals surface area contributed by atoms with Crippen molar-refractivity contribution < 1.29 is 19.6 Å². The summed E-state index contributed by atoms with van der Waals surface area (Å²) < 4.78 is 0.110. The summed E-state index contributed by atoms with van der Waals surface area (Å²) in [5.41, 5.74) is 0.350. The zero-order valence-electron chi connectivity index (χ0n) is 11.2. The molecule has 0 radical (unpaired) electrons. The molecule has 1 atom stereocenters. The van der Waals surface area contributed by atoms with Crippen molar-refractivity contribution in [2.75, 3.05) is 0 Å². The molecule has 1 aromatic carbocycles. The standard InChI is InChI=1S/C13H10N2O5S2/c1-7(12(17)18)14-11(16)10(22-13(14)21)6-8-3-2-4-9(5-8)15(19)20/h2-7H,1H3,(H,17,18)/p-1/b10-6-/t7-/m1/s1. The monoisotopic (exact) mass is 337 g/mol. The molecule has 22 heavy (non-hydrogen) atoms. The van der Waals surface area contributed by atoms with Crippen LogP contribution in [0.3, 0.4) is 0 Å². The molecule has 0 saturated carbocycles. The van der Waals surface area contributed by atoms with Crippen molar-refractivity contribution in [1.82, 2.24) is 4.90 Å². The van der Waals surface area contributed by atoms with Gasteiger partial charge < -0.3 is 9.90 Å². The Hall–Kier alpha value is -2.26. The second-order valence-corrected chi connectivity index (χ2v) is 6.07. The van der Waals surface area contributed by atoms with Gasteiger partial charge in [-0.05, 0) is 18.6 Å². The van der Waals surface area contributed by atoms with E-state index in [1.807, 2.05) is 0 Å².